The van der Waals surface area contributed by atoms with Crippen molar-refractivity contribution in [2.24, 2.45) is 5.41 Å². The summed E-state index contributed by atoms with van der Waals surface area (Å²) in [5, 5.41) is 0. The zero-order chi connectivity index (χ0) is 18.2. The highest BCUT2D eigenvalue weighted by Gasteiger charge is 2.37. The Bertz CT molecular complexity index is 682. The maximum Gasteiger partial charge on any atom is 0.114 e. The fourth-order valence-corrected chi connectivity index (χ4v) is 5.17. The van der Waals surface area contributed by atoms with Crippen LogP contribution in [0.4, 0.5) is 0 Å². The van der Waals surface area contributed by atoms with E-state index < -0.39 is 0 Å². The van der Waals surface area contributed by atoms with Crippen molar-refractivity contribution in [3.63, 3.8) is 0 Å². The van der Waals surface area contributed by atoms with Gasteiger partial charge in [0.1, 0.15) is 5.82 Å². The van der Waals surface area contributed by atoms with Gasteiger partial charge in [0.15, 0.2) is 0 Å². The summed E-state index contributed by atoms with van der Waals surface area (Å²) in [5.41, 5.74) is 2.69. The van der Waals surface area contributed by atoms with Crippen molar-refractivity contribution in [3.05, 3.63) is 47.3 Å². The van der Waals surface area contributed by atoms with E-state index in [1.807, 2.05) is 0 Å². The van der Waals surface area contributed by atoms with E-state index in [0.717, 1.165) is 42.2 Å². The molecule has 0 bridgehead atoms. The molecule has 0 atom stereocenters. The topological polar surface area (TPSA) is 6.48 Å². The van der Waals surface area contributed by atoms with E-state index >= 15 is 0 Å². The standard InChI is InChI=1S/C21H28N2S2/c1-15(2)23-11-10-22(14-16-8-6-5-7-9-16)20(23)19-17(24)12-21(3,4)13-18(19)25/h5-9,15H,10-14H2,1-4H3. The van der Waals surface area contributed by atoms with Crippen LogP contribution in [0.3, 0.4) is 0 Å². The minimum absolute atomic E-state index is 0.184. The largest absolute Gasteiger partial charge is 0.354 e. The zero-order valence-corrected chi connectivity index (χ0v) is 17.3. The fraction of sp³-hybridized carbons (Fsp3) is 0.524. The minimum Gasteiger partial charge on any atom is -0.354 e. The Hall–Kier alpha value is -1.26. The Kier molecular flexibility index (Phi) is 5.31. The second-order valence-electron chi connectivity index (χ2n) is 8.26. The highest BCUT2D eigenvalue weighted by molar-refractivity contribution is 7.83. The van der Waals surface area contributed by atoms with Gasteiger partial charge in [0.2, 0.25) is 0 Å². The summed E-state index contributed by atoms with van der Waals surface area (Å²) in [7, 11) is 0. The number of hydrogen-bond acceptors (Lipinski definition) is 4. The second kappa shape index (κ2) is 7.16. The van der Waals surface area contributed by atoms with E-state index in [4.69, 9.17) is 24.4 Å². The molecule has 4 heteroatoms. The lowest BCUT2D eigenvalue weighted by Gasteiger charge is -2.37. The molecule has 1 saturated carbocycles. The van der Waals surface area contributed by atoms with Crippen molar-refractivity contribution in [3.8, 4) is 0 Å². The van der Waals surface area contributed by atoms with Crippen LogP contribution in [0, 0.1) is 5.41 Å². The molecule has 1 heterocycles. The maximum atomic E-state index is 5.85. The summed E-state index contributed by atoms with van der Waals surface area (Å²) in [6.45, 7) is 12.0. The van der Waals surface area contributed by atoms with Gasteiger partial charge in [-0.05, 0) is 37.7 Å². The molecular formula is C21H28N2S2. The molecule has 3 rings (SSSR count). The van der Waals surface area contributed by atoms with Crippen LogP contribution in [0.1, 0.15) is 46.1 Å². The van der Waals surface area contributed by atoms with Crippen LogP contribution in [0.15, 0.2) is 41.7 Å². The van der Waals surface area contributed by atoms with Crippen molar-refractivity contribution >= 4 is 34.2 Å². The zero-order valence-electron chi connectivity index (χ0n) is 15.7. The molecule has 2 aliphatic rings. The van der Waals surface area contributed by atoms with Gasteiger partial charge in [0, 0.05) is 41.0 Å². The molecule has 1 saturated heterocycles. The van der Waals surface area contributed by atoms with Crippen LogP contribution in [0.5, 0.6) is 0 Å². The normalized spacial score (nSPS) is 20.8. The summed E-state index contributed by atoms with van der Waals surface area (Å²) >= 11 is 11.7. The van der Waals surface area contributed by atoms with Crippen molar-refractivity contribution < 1.29 is 0 Å². The highest BCUT2D eigenvalue weighted by atomic mass is 32.1. The van der Waals surface area contributed by atoms with Crippen LogP contribution in [0.2, 0.25) is 0 Å². The van der Waals surface area contributed by atoms with Crippen LogP contribution < -0.4 is 0 Å². The molecule has 1 aliphatic carbocycles. The number of rotatable bonds is 3. The molecular weight excluding hydrogens is 344 g/mol. The fourth-order valence-electron chi connectivity index (χ4n) is 3.90. The lowest BCUT2D eigenvalue weighted by atomic mass is 9.75. The molecule has 2 fully saturated rings. The summed E-state index contributed by atoms with van der Waals surface area (Å²) in [4.78, 5) is 7.04. The third kappa shape index (κ3) is 3.95. The predicted molar refractivity (Wildman–Crippen MR) is 114 cm³/mol. The van der Waals surface area contributed by atoms with Gasteiger partial charge in [-0.3, -0.25) is 0 Å². The Morgan fingerprint density at radius 1 is 1.00 bits per heavy atom. The van der Waals surface area contributed by atoms with Gasteiger partial charge < -0.3 is 9.80 Å². The smallest absolute Gasteiger partial charge is 0.114 e. The molecule has 134 valence electrons. The Labute approximate surface area is 162 Å². The molecule has 1 aliphatic heterocycles. The van der Waals surface area contributed by atoms with E-state index in [-0.39, 0.29) is 5.41 Å². The number of hydrogen-bond donors (Lipinski definition) is 0. The number of nitrogens with zero attached hydrogens (tertiary/aromatic N) is 2. The SMILES string of the molecule is CC(C)N1CCN(Cc2ccccc2)C1=C1C(=S)CC(C)(C)CC1=S. The lowest BCUT2D eigenvalue weighted by molar-refractivity contribution is 0.287. The van der Waals surface area contributed by atoms with E-state index in [1.54, 1.807) is 0 Å². The number of thiocarbonyl (C=S) groups is 2. The predicted octanol–water partition coefficient (Wildman–Crippen LogP) is 4.98. The minimum atomic E-state index is 0.184. The van der Waals surface area contributed by atoms with Gasteiger partial charge in [0.25, 0.3) is 0 Å². The van der Waals surface area contributed by atoms with E-state index in [9.17, 15) is 0 Å². The van der Waals surface area contributed by atoms with Gasteiger partial charge in [-0.1, -0.05) is 68.6 Å². The molecule has 2 nitrogen and oxygen atoms in total. The Morgan fingerprint density at radius 3 is 2.16 bits per heavy atom. The first-order valence-corrected chi connectivity index (χ1v) is 9.96. The van der Waals surface area contributed by atoms with Gasteiger partial charge in [-0.15, -0.1) is 0 Å². The first kappa shape index (κ1) is 18.5. The van der Waals surface area contributed by atoms with Gasteiger partial charge in [-0.25, -0.2) is 0 Å². The molecule has 1 aromatic rings. The van der Waals surface area contributed by atoms with Gasteiger partial charge in [-0.2, -0.15) is 0 Å². The summed E-state index contributed by atoms with van der Waals surface area (Å²) in [6.07, 6.45) is 1.90. The molecule has 0 N–H and O–H groups in total. The van der Waals surface area contributed by atoms with Gasteiger partial charge in [0.05, 0.1) is 0 Å². The van der Waals surface area contributed by atoms with E-state index in [2.05, 4.69) is 67.8 Å². The van der Waals surface area contributed by atoms with Crippen LogP contribution in [0.25, 0.3) is 0 Å². The average Bonchev–Trinajstić information content (AvgIpc) is 2.90. The second-order valence-corrected chi connectivity index (χ2v) is 9.24. The quantitative estimate of drug-likeness (QED) is 0.545. The third-order valence-electron chi connectivity index (χ3n) is 5.08. The first-order valence-electron chi connectivity index (χ1n) is 9.15. The molecule has 0 aromatic heterocycles. The summed E-state index contributed by atoms with van der Waals surface area (Å²) in [5.74, 6) is 1.27. The van der Waals surface area contributed by atoms with E-state index in [0.29, 0.717) is 6.04 Å². The summed E-state index contributed by atoms with van der Waals surface area (Å²) < 4.78 is 0. The van der Waals surface area contributed by atoms with Crippen molar-refractivity contribution in [2.75, 3.05) is 13.1 Å². The number of allylic oxidation sites excluding steroid dienone is 1. The average molecular weight is 373 g/mol. The first-order chi connectivity index (χ1) is 11.8. The van der Waals surface area contributed by atoms with Crippen LogP contribution in [-0.4, -0.2) is 38.7 Å². The van der Waals surface area contributed by atoms with Crippen molar-refractivity contribution in [1.82, 2.24) is 9.80 Å². The molecule has 1 aromatic carbocycles. The molecule has 0 spiro atoms. The van der Waals surface area contributed by atoms with Crippen LogP contribution in [-0.2, 0) is 6.54 Å². The van der Waals surface area contributed by atoms with Gasteiger partial charge >= 0.3 is 0 Å². The summed E-state index contributed by atoms with van der Waals surface area (Å²) in [6, 6.07) is 11.1. The monoisotopic (exact) mass is 372 g/mol. The third-order valence-corrected chi connectivity index (χ3v) is 5.78. The number of benzene rings is 1. The molecule has 0 amide bonds. The molecule has 0 unspecified atom stereocenters. The Morgan fingerprint density at radius 2 is 1.60 bits per heavy atom. The Balaban J connectivity index is 2.00. The van der Waals surface area contributed by atoms with Crippen molar-refractivity contribution in [1.29, 1.82) is 0 Å². The highest BCUT2D eigenvalue weighted by Crippen LogP contribution is 2.39. The van der Waals surface area contributed by atoms with Crippen molar-refractivity contribution in [2.45, 2.75) is 53.1 Å². The van der Waals surface area contributed by atoms with E-state index in [1.165, 1.54) is 17.0 Å². The maximum absolute atomic E-state index is 5.85. The molecule has 25 heavy (non-hydrogen) atoms. The van der Waals surface area contributed by atoms with Crippen LogP contribution >= 0.6 is 24.4 Å². The lowest BCUT2D eigenvalue weighted by Crippen LogP contribution is -2.37. The molecule has 0 radical (unpaired) electrons.